The van der Waals surface area contributed by atoms with Crippen LogP contribution in [0.4, 0.5) is 10.5 Å². The van der Waals surface area contributed by atoms with Crippen LogP contribution in [0.15, 0.2) is 48.8 Å². The zero-order valence-electron chi connectivity index (χ0n) is 17.4. The SMILES string of the molecule is CC(O)CCC1(c2ccncc2NC(=O)OCc2ccccc2)CCCC(C)C1. The highest BCUT2D eigenvalue weighted by Crippen LogP contribution is 2.47. The van der Waals surface area contributed by atoms with Crippen LogP contribution in [-0.4, -0.2) is 22.3 Å². The average molecular weight is 397 g/mol. The summed E-state index contributed by atoms with van der Waals surface area (Å²) in [4.78, 5) is 16.7. The quantitative estimate of drug-likeness (QED) is 0.654. The summed E-state index contributed by atoms with van der Waals surface area (Å²) in [7, 11) is 0. The Bertz CT molecular complexity index is 794. The van der Waals surface area contributed by atoms with Crippen molar-refractivity contribution in [3.63, 3.8) is 0 Å². The second-order valence-corrected chi connectivity index (χ2v) is 8.48. The second kappa shape index (κ2) is 9.88. The van der Waals surface area contributed by atoms with Crippen molar-refractivity contribution in [2.45, 2.75) is 70.5 Å². The van der Waals surface area contributed by atoms with E-state index in [4.69, 9.17) is 4.74 Å². The summed E-state index contributed by atoms with van der Waals surface area (Å²) in [6.45, 7) is 4.36. The lowest BCUT2D eigenvalue weighted by molar-refractivity contribution is 0.145. The predicted molar refractivity (Wildman–Crippen MR) is 115 cm³/mol. The van der Waals surface area contributed by atoms with Gasteiger partial charge in [-0.3, -0.25) is 10.3 Å². The van der Waals surface area contributed by atoms with Gasteiger partial charge in [-0.05, 0) is 61.1 Å². The van der Waals surface area contributed by atoms with Gasteiger partial charge in [0, 0.05) is 6.20 Å². The molecule has 5 heteroatoms. The van der Waals surface area contributed by atoms with Gasteiger partial charge in [0.2, 0.25) is 0 Å². The van der Waals surface area contributed by atoms with Gasteiger partial charge in [0.05, 0.1) is 18.0 Å². The van der Waals surface area contributed by atoms with Gasteiger partial charge in [-0.15, -0.1) is 0 Å². The van der Waals surface area contributed by atoms with Gasteiger partial charge < -0.3 is 9.84 Å². The molecule has 1 aromatic heterocycles. The van der Waals surface area contributed by atoms with Gasteiger partial charge in [-0.25, -0.2) is 4.79 Å². The Balaban J connectivity index is 1.77. The van der Waals surface area contributed by atoms with E-state index in [1.54, 1.807) is 12.4 Å². The minimum Gasteiger partial charge on any atom is -0.444 e. The number of amides is 1. The molecule has 5 nitrogen and oxygen atoms in total. The molecule has 0 radical (unpaired) electrons. The first-order valence-corrected chi connectivity index (χ1v) is 10.6. The van der Waals surface area contributed by atoms with E-state index in [1.807, 2.05) is 43.3 Å². The number of carbonyl (C=O) groups excluding carboxylic acids is 1. The normalized spacial score (nSPS) is 22.7. The monoisotopic (exact) mass is 396 g/mol. The molecule has 156 valence electrons. The largest absolute Gasteiger partial charge is 0.444 e. The van der Waals surface area contributed by atoms with E-state index in [-0.39, 0.29) is 18.1 Å². The molecule has 1 saturated carbocycles. The Morgan fingerprint density at radius 3 is 2.86 bits per heavy atom. The summed E-state index contributed by atoms with van der Waals surface area (Å²) < 4.78 is 5.41. The van der Waals surface area contributed by atoms with Gasteiger partial charge >= 0.3 is 6.09 Å². The van der Waals surface area contributed by atoms with Gasteiger partial charge in [-0.1, -0.05) is 50.1 Å². The molecule has 3 unspecified atom stereocenters. The second-order valence-electron chi connectivity index (χ2n) is 8.48. The highest BCUT2D eigenvalue weighted by atomic mass is 16.5. The molecule has 29 heavy (non-hydrogen) atoms. The summed E-state index contributed by atoms with van der Waals surface area (Å²) >= 11 is 0. The molecule has 1 aromatic carbocycles. The number of anilines is 1. The van der Waals surface area contributed by atoms with Crippen LogP contribution in [0.2, 0.25) is 0 Å². The van der Waals surface area contributed by atoms with E-state index >= 15 is 0 Å². The molecule has 0 spiro atoms. The topological polar surface area (TPSA) is 71.5 Å². The number of carbonyl (C=O) groups is 1. The number of ether oxygens (including phenoxy) is 1. The molecule has 0 bridgehead atoms. The lowest BCUT2D eigenvalue weighted by atomic mass is 9.63. The first-order chi connectivity index (χ1) is 14.0. The van der Waals surface area contributed by atoms with Crippen molar-refractivity contribution in [1.82, 2.24) is 4.98 Å². The summed E-state index contributed by atoms with van der Waals surface area (Å²) in [6, 6.07) is 11.7. The Hall–Kier alpha value is -2.40. The van der Waals surface area contributed by atoms with Crippen molar-refractivity contribution in [2.24, 2.45) is 5.92 Å². The van der Waals surface area contributed by atoms with Crippen LogP contribution in [0.1, 0.15) is 63.5 Å². The van der Waals surface area contributed by atoms with Crippen molar-refractivity contribution in [3.05, 3.63) is 59.9 Å². The number of nitrogens with one attached hydrogen (secondary N) is 1. The number of hydrogen-bond donors (Lipinski definition) is 2. The van der Waals surface area contributed by atoms with E-state index in [0.717, 1.165) is 43.2 Å². The summed E-state index contributed by atoms with van der Waals surface area (Å²) in [5.41, 5.74) is 2.71. The predicted octanol–water partition coefficient (Wildman–Crippen LogP) is 5.44. The van der Waals surface area contributed by atoms with E-state index < -0.39 is 6.09 Å². The Morgan fingerprint density at radius 2 is 2.14 bits per heavy atom. The minimum absolute atomic E-state index is 0.0559. The highest BCUT2D eigenvalue weighted by molar-refractivity contribution is 5.85. The minimum atomic E-state index is -0.474. The molecule has 1 heterocycles. The molecule has 1 fully saturated rings. The fraction of sp³-hybridized carbons (Fsp3) is 0.500. The Morgan fingerprint density at radius 1 is 1.34 bits per heavy atom. The fourth-order valence-electron chi connectivity index (χ4n) is 4.58. The number of aromatic nitrogens is 1. The number of hydrogen-bond acceptors (Lipinski definition) is 4. The van der Waals surface area contributed by atoms with Crippen molar-refractivity contribution in [1.29, 1.82) is 0 Å². The molecule has 1 aliphatic carbocycles. The third kappa shape index (κ3) is 5.80. The van der Waals surface area contributed by atoms with E-state index in [9.17, 15) is 9.90 Å². The van der Waals surface area contributed by atoms with Crippen LogP contribution in [0, 0.1) is 5.92 Å². The van der Waals surface area contributed by atoms with Gasteiger partial charge in [0.25, 0.3) is 0 Å². The highest BCUT2D eigenvalue weighted by Gasteiger charge is 2.38. The number of rotatable bonds is 7. The average Bonchev–Trinajstić information content (AvgIpc) is 2.72. The summed E-state index contributed by atoms with van der Waals surface area (Å²) in [6.07, 6.45) is 8.82. The molecule has 0 saturated heterocycles. The molecular weight excluding hydrogens is 364 g/mol. The first-order valence-electron chi connectivity index (χ1n) is 10.6. The van der Waals surface area contributed by atoms with E-state index in [2.05, 4.69) is 17.2 Å². The zero-order chi connectivity index (χ0) is 20.7. The van der Waals surface area contributed by atoms with Crippen LogP contribution in [0.3, 0.4) is 0 Å². The molecular formula is C24H32N2O3. The summed E-state index contributed by atoms with van der Waals surface area (Å²) in [5, 5.41) is 12.8. The number of aliphatic hydroxyl groups excluding tert-OH is 1. The molecule has 3 atom stereocenters. The van der Waals surface area contributed by atoms with E-state index in [0.29, 0.717) is 11.6 Å². The molecule has 1 aliphatic rings. The molecule has 2 N–H and O–H groups in total. The lowest BCUT2D eigenvalue weighted by Crippen LogP contribution is -2.34. The van der Waals surface area contributed by atoms with Crippen LogP contribution >= 0.6 is 0 Å². The van der Waals surface area contributed by atoms with Crippen molar-refractivity contribution in [3.8, 4) is 0 Å². The van der Waals surface area contributed by atoms with Crippen LogP contribution in [-0.2, 0) is 16.8 Å². The molecule has 3 rings (SSSR count). The third-order valence-electron chi connectivity index (χ3n) is 5.97. The Kier molecular flexibility index (Phi) is 7.26. The maximum Gasteiger partial charge on any atom is 0.412 e. The number of benzene rings is 1. The van der Waals surface area contributed by atoms with Gasteiger partial charge in [0.1, 0.15) is 6.61 Å². The molecule has 1 amide bonds. The first kappa shape index (κ1) is 21.3. The van der Waals surface area contributed by atoms with Gasteiger partial charge in [0.15, 0.2) is 0 Å². The standard InChI is InChI=1S/C24H32N2O3/c1-18-7-6-12-24(15-18,13-10-19(2)27)21-11-14-25-16-22(21)26-23(28)29-17-20-8-4-3-5-9-20/h3-5,8-9,11,14,16,18-19,27H,6-7,10,12-13,15,17H2,1-2H3,(H,26,28). The number of nitrogens with zero attached hydrogens (tertiary/aromatic N) is 1. The van der Waals surface area contributed by atoms with Crippen molar-refractivity contribution < 1.29 is 14.6 Å². The molecule has 2 aromatic rings. The van der Waals surface area contributed by atoms with Crippen molar-refractivity contribution >= 4 is 11.8 Å². The van der Waals surface area contributed by atoms with Crippen LogP contribution in [0.25, 0.3) is 0 Å². The van der Waals surface area contributed by atoms with E-state index in [1.165, 1.54) is 6.42 Å². The van der Waals surface area contributed by atoms with Crippen molar-refractivity contribution in [2.75, 3.05) is 5.32 Å². The van der Waals surface area contributed by atoms with Gasteiger partial charge in [-0.2, -0.15) is 0 Å². The fourth-order valence-corrected chi connectivity index (χ4v) is 4.58. The third-order valence-corrected chi connectivity index (χ3v) is 5.97. The Labute approximate surface area is 173 Å². The lowest BCUT2D eigenvalue weighted by Gasteiger charge is -2.42. The maximum atomic E-state index is 12.5. The summed E-state index contributed by atoms with van der Waals surface area (Å²) in [5.74, 6) is 0.615. The molecule has 0 aliphatic heterocycles. The van der Waals surface area contributed by atoms with Crippen LogP contribution in [0.5, 0.6) is 0 Å². The smallest absolute Gasteiger partial charge is 0.412 e. The number of aliphatic hydroxyl groups is 1. The zero-order valence-corrected chi connectivity index (χ0v) is 17.4. The number of pyridine rings is 1. The van der Waals surface area contributed by atoms with Crippen LogP contribution < -0.4 is 5.32 Å². The maximum absolute atomic E-state index is 12.5.